The van der Waals surface area contributed by atoms with Crippen LogP contribution < -0.4 is 19.7 Å². The molecule has 0 spiro atoms. The van der Waals surface area contributed by atoms with E-state index in [1.54, 1.807) is 19.2 Å². The third kappa shape index (κ3) is 5.61. The first-order valence-electron chi connectivity index (χ1n) is 10.3. The van der Waals surface area contributed by atoms with Crippen LogP contribution in [0.5, 0.6) is 11.5 Å². The number of nitrogens with zero attached hydrogens (tertiary/aromatic N) is 1. The molecule has 0 atom stereocenters. The molecule has 4 rings (SSSR count). The van der Waals surface area contributed by atoms with Crippen molar-refractivity contribution in [1.82, 2.24) is 5.32 Å². The van der Waals surface area contributed by atoms with Gasteiger partial charge in [-0.25, -0.2) is 0 Å². The molecule has 1 amide bonds. The molecule has 2 aromatic carbocycles. The summed E-state index contributed by atoms with van der Waals surface area (Å²) in [6.07, 6.45) is 1.77. The van der Waals surface area contributed by atoms with Crippen molar-refractivity contribution < 1.29 is 18.7 Å². The summed E-state index contributed by atoms with van der Waals surface area (Å²) >= 11 is 3.40. The van der Waals surface area contributed by atoms with Gasteiger partial charge in [0, 0.05) is 29.3 Å². The molecular formula is C24H25BrN2O4. The highest BCUT2D eigenvalue weighted by Gasteiger charge is 2.22. The lowest BCUT2D eigenvalue weighted by Gasteiger charge is -2.33. The van der Waals surface area contributed by atoms with E-state index in [4.69, 9.17) is 13.9 Å². The number of halogens is 1. The SMILES string of the molecule is COc1ccc(N2CCC(NC(=O)c3ccc(COc4ccc(Br)cc4)o3)CC2)cc1. The van der Waals surface area contributed by atoms with Gasteiger partial charge >= 0.3 is 0 Å². The average Bonchev–Trinajstić information content (AvgIpc) is 3.29. The van der Waals surface area contributed by atoms with Crippen molar-refractivity contribution in [2.45, 2.75) is 25.5 Å². The van der Waals surface area contributed by atoms with Crippen LogP contribution in [0, 0.1) is 0 Å². The lowest BCUT2D eigenvalue weighted by molar-refractivity contribution is 0.0899. The van der Waals surface area contributed by atoms with E-state index in [9.17, 15) is 4.79 Å². The molecule has 3 aromatic rings. The molecule has 0 bridgehead atoms. The maximum atomic E-state index is 12.6. The normalized spacial score (nSPS) is 14.3. The van der Waals surface area contributed by atoms with Gasteiger partial charge < -0.3 is 24.1 Å². The van der Waals surface area contributed by atoms with Crippen molar-refractivity contribution in [1.29, 1.82) is 0 Å². The van der Waals surface area contributed by atoms with E-state index in [0.29, 0.717) is 11.5 Å². The molecule has 31 heavy (non-hydrogen) atoms. The van der Waals surface area contributed by atoms with E-state index in [1.807, 2.05) is 36.4 Å². The molecule has 0 unspecified atom stereocenters. The fraction of sp³-hybridized carbons (Fsp3) is 0.292. The van der Waals surface area contributed by atoms with Crippen molar-refractivity contribution in [3.8, 4) is 11.5 Å². The van der Waals surface area contributed by atoms with Gasteiger partial charge in [0.15, 0.2) is 5.76 Å². The molecule has 162 valence electrons. The minimum Gasteiger partial charge on any atom is -0.497 e. The number of amides is 1. The van der Waals surface area contributed by atoms with Gasteiger partial charge in [0.25, 0.3) is 5.91 Å². The van der Waals surface area contributed by atoms with E-state index >= 15 is 0 Å². The highest BCUT2D eigenvalue weighted by atomic mass is 79.9. The number of furan rings is 1. The summed E-state index contributed by atoms with van der Waals surface area (Å²) < 4.78 is 17.6. The minimum absolute atomic E-state index is 0.134. The number of benzene rings is 2. The molecule has 6 nitrogen and oxygen atoms in total. The molecule has 0 aliphatic carbocycles. The number of carbonyl (C=O) groups excluding carboxylic acids is 1. The number of anilines is 1. The second-order valence-corrected chi connectivity index (χ2v) is 8.36. The zero-order chi connectivity index (χ0) is 21.6. The fourth-order valence-corrected chi connectivity index (χ4v) is 3.86. The number of rotatable bonds is 7. The van der Waals surface area contributed by atoms with Crippen LogP contribution >= 0.6 is 15.9 Å². The van der Waals surface area contributed by atoms with Crippen LogP contribution in [-0.2, 0) is 6.61 Å². The van der Waals surface area contributed by atoms with Crippen molar-refractivity contribution in [2.24, 2.45) is 0 Å². The van der Waals surface area contributed by atoms with Gasteiger partial charge in [0.05, 0.1) is 7.11 Å². The highest BCUT2D eigenvalue weighted by Crippen LogP contribution is 2.23. The quantitative estimate of drug-likeness (QED) is 0.509. The van der Waals surface area contributed by atoms with E-state index in [2.05, 4.69) is 38.3 Å². The first-order valence-corrected chi connectivity index (χ1v) is 11.1. The number of hydrogen-bond acceptors (Lipinski definition) is 5. The van der Waals surface area contributed by atoms with Crippen LogP contribution in [0.15, 0.2) is 69.6 Å². The molecule has 1 aromatic heterocycles. The number of hydrogen-bond donors (Lipinski definition) is 1. The maximum Gasteiger partial charge on any atom is 0.287 e. The molecular weight excluding hydrogens is 460 g/mol. The van der Waals surface area contributed by atoms with Gasteiger partial charge in [-0.1, -0.05) is 15.9 Å². The zero-order valence-corrected chi connectivity index (χ0v) is 18.9. The van der Waals surface area contributed by atoms with Gasteiger partial charge in [-0.2, -0.15) is 0 Å². The van der Waals surface area contributed by atoms with Crippen LogP contribution in [0.4, 0.5) is 5.69 Å². The number of carbonyl (C=O) groups is 1. The summed E-state index contributed by atoms with van der Waals surface area (Å²) in [5.74, 6) is 2.34. The van der Waals surface area contributed by atoms with E-state index in [0.717, 1.165) is 41.9 Å². The first kappa shape index (κ1) is 21.3. The van der Waals surface area contributed by atoms with Crippen LogP contribution in [0.3, 0.4) is 0 Å². The zero-order valence-electron chi connectivity index (χ0n) is 17.3. The van der Waals surface area contributed by atoms with Gasteiger partial charge in [0.2, 0.25) is 0 Å². The van der Waals surface area contributed by atoms with E-state index in [-0.39, 0.29) is 18.6 Å². The summed E-state index contributed by atoms with van der Waals surface area (Å²) in [7, 11) is 1.67. The molecule has 7 heteroatoms. The Balaban J connectivity index is 1.25. The van der Waals surface area contributed by atoms with E-state index in [1.165, 1.54) is 5.69 Å². The molecule has 0 saturated carbocycles. The highest BCUT2D eigenvalue weighted by molar-refractivity contribution is 9.10. The van der Waals surface area contributed by atoms with Crippen LogP contribution in [0.25, 0.3) is 0 Å². The van der Waals surface area contributed by atoms with Gasteiger partial charge in [0.1, 0.15) is 23.9 Å². The van der Waals surface area contributed by atoms with Gasteiger partial charge in [-0.05, 0) is 73.5 Å². The summed E-state index contributed by atoms with van der Waals surface area (Å²) in [5.41, 5.74) is 1.17. The van der Waals surface area contributed by atoms with Crippen molar-refractivity contribution in [3.63, 3.8) is 0 Å². The Morgan fingerprint density at radius 1 is 1.03 bits per heavy atom. The second kappa shape index (κ2) is 9.92. The summed E-state index contributed by atoms with van der Waals surface area (Å²) in [5, 5.41) is 3.09. The molecule has 1 aliphatic heterocycles. The van der Waals surface area contributed by atoms with Crippen molar-refractivity contribution >= 4 is 27.5 Å². The smallest absolute Gasteiger partial charge is 0.287 e. The summed E-state index contributed by atoms with van der Waals surface area (Å²) in [6.45, 7) is 2.05. The largest absolute Gasteiger partial charge is 0.497 e. The predicted octanol–water partition coefficient (Wildman–Crippen LogP) is 5.03. The maximum absolute atomic E-state index is 12.6. The summed E-state index contributed by atoms with van der Waals surface area (Å²) in [6, 6.07) is 19.3. The monoisotopic (exact) mass is 484 g/mol. The number of methoxy groups -OCH3 is 1. The Kier molecular flexibility index (Phi) is 6.82. The van der Waals surface area contributed by atoms with Crippen molar-refractivity contribution in [3.05, 3.63) is 76.7 Å². The number of nitrogens with one attached hydrogen (secondary N) is 1. The Morgan fingerprint density at radius 2 is 1.71 bits per heavy atom. The summed E-state index contributed by atoms with van der Waals surface area (Å²) in [4.78, 5) is 14.9. The Morgan fingerprint density at radius 3 is 2.39 bits per heavy atom. The van der Waals surface area contributed by atoms with Crippen molar-refractivity contribution in [2.75, 3.05) is 25.1 Å². The van der Waals surface area contributed by atoms with Gasteiger partial charge in [-0.15, -0.1) is 0 Å². The van der Waals surface area contributed by atoms with Crippen LogP contribution in [-0.4, -0.2) is 32.1 Å². The minimum atomic E-state index is -0.183. The molecule has 2 heterocycles. The average molecular weight is 485 g/mol. The molecule has 1 saturated heterocycles. The Labute approximate surface area is 190 Å². The molecule has 1 aliphatic rings. The first-order chi connectivity index (χ1) is 15.1. The number of ether oxygens (including phenoxy) is 2. The lowest BCUT2D eigenvalue weighted by atomic mass is 10.0. The van der Waals surface area contributed by atoms with Crippen LogP contribution in [0.1, 0.15) is 29.2 Å². The third-order valence-electron chi connectivity index (χ3n) is 5.35. The van der Waals surface area contributed by atoms with Crippen LogP contribution in [0.2, 0.25) is 0 Å². The second-order valence-electron chi connectivity index (χ2n) is 7.44. The molecule has 1 N–H and O–H groups in total. The third-order valence-corrected chi connectivity index (χ3v) is 5.88. The lowest BCUT2D eigenvalue weighted by Crippen LogP contribution is -2.44. The van der Waals surface area contributed by atoms with E-state index < -0.39 is 0 Å². The Bertz CT molecular complexity index is 993. The molecule has 0 radical (unpaired) electrons. The van der Waals surface area contributed by atoms with Gasteiger partial charge in [-0.3, -0.25) is 4.79 Å². The Hall–Kier alpha value is -2.93. The number of piperidine rings is 1. The molecule has 1 fully saturated rings. The fourth-order valence-electron chi connectivity index (χ4n) is 3.59. The standard InChI is InChI=1S/C24H25BrN2O4/c1-29-20-8-4-19(5-9-20)27-14-12-18(13-15-27)26-24(28)23-11-10-22(31-23)16-30-21-6-2-17(25)3-7-21/h2-11,18H,12-16H2,1H3,(H,26,28). The predicted molar refractivity (Wildman–Crippen MR) is 123 cm³/mol. The topological polar surface area (TPSA) is 63.9 Å².